The number of alkyl halides is 3. The van der Waals surface area contributed by atoms with Gasteiger partial charge in [0.2, 0.25) is 10.0 Å². The second-order valence-electron chi connectivity index (χ2n) is 10.4. The van der Waals surface area contributed by atoms with Crippen LogP contribution in [0.4, 0.5) is 18.9 Å². The molecule has 5 rings (SSSR count). The lowest BCUT2D eigenvalue weighted by molar-refractivity contribution is -0.137. The van der Waals surface area contributed by atoms with Crippen LogP contribution in [0.5, 0.6) is 0 Å². The van der Waals surface area contributed by atoms with Gasteiger partial charge in [-0.2, -0.15) is 17.5 Å². The second kappa shape index (κ2) is 11.1. The predicted octanol–water partition coefficient (Wildman–Crippen LogP) is 6.37. The molecular weight excluding hydrogens is 513 g/mol. The van der Waals surface area contributed by atoms with Crippen LogP contribution in [0.3, 0.4) is 0 Å². The fourth-order valence-electron chi connectivity index (χ4n) is 5.78. The number of imidazole rings is 1. The van der Waals surface area contributed by atoms with Crippen molar-refractivity contribution in [3.8, 4) is 0 Å². The number of H-pyrrole nitrogens is 1. The summed E-state index contributed by atoms with van der Waals surface area (Å²) in [5.41, 5.74) is 1.90. The van der Waals surface area contributed by atoms with E-state index in [1.165, 1.54) is 36.4 Å². The minimum Gasteiger partial charge on any atom is -0.361 e. The molecule has 0 radical (unpaired) electrons. The zero-order valence-corrected chi connectivity index (χ0v) is 22.0. The summed E-state index contributed by atoms with van der Waals surface area (Å²) in [7, 11) is -4.03. The Morgan fingerprint density at radius 3 is 2.39 bits per heavy atom. The van der Waals surface area contributed by atoms with E-state index >= 15 is 0 Å². The van der Waals surface area contributed by atoms with Gasteiger partial charge in [0, 0.05) is 31.0 Å². The fourth-order valence-corrected chi connectivity index (χ4v) is 7.23. The smallest absolute Gasteiger partial charge is 0.361 e. The van der Waals surface area contributed by atoms with Gasteiger partial charge in [0.25, 0.3) is 0 Å². The van der Waals surface area contributed by atoms with Crippen molar-refractivity contribution >= 4 is 15.7 Å². The average Bonchev–Trinajstić information content (AvgIpc) is 3.37. The van der Waals surface area contributed by atoms with Crippen molar-refractivity contribution in [1.29, 1.82) is 0 Å². The van der Waals surface area contributed by atoms with Crippen molar-refractivity contribution < 1.29 is 21.6 Å². The van der Waals surface area contributed by atoms with Gasteiger partial charge in [-0.15, -0.1) is 0 Å². The number of nitrogens with zero attached hydrogens (tertiary/aromatic N) is 3. The summed E-state index contributed by atoms with van der Waals surface area (Å²) in [6, 6.07) is 11.5. The van der Waals surface area contributed by atoms with Gasteiger partial charge in [-0.3, -0.25) is 0 Å². The Hall–Kier alpha value is -2.85. The number of benzene rings is 2. The van der Waals surface area contributed by atoms with Crippen LogP contribution < -0.4 is 4.90 Å². The summed E-state index contributed by atoms with van der Waals surface area (Å²) < 4.78 is 68.3. The second-order valence-corrected chi connectivity index (χ2v) is 12.3. The van der Waals surface area contributed by atoms with Crippen molar-refractivity contribution in [2.24, 2.45) is 5.92 Å². The Bertz CT molecular complexity index is 1300. The average molecular weight is 547 g/mol. The molecule has 1 fully saturated rings. The number of hydrogen-bond acceptors (Lipinski definition) is 4. The Morgan fingerprint density at radius 2 is 1.71 bits per heavy atom. The summed E-state index contributed by atoms with van der Waals surface area (Å²) in [6.45, 7) is 0.957. The Kier molecular flexibility index (Phi) is 7.81. The van der Waals surface area contributed by atoms with E-state index in [0.717, 1.165) is 54.1 Å². The number of aromatic amines is 1. The van der Waals surface area contributed by atoms with Crippen molar-refractivity contribution in [1.82, 2.24) is 14.3 Å². The third-order valence-corrected chi connectivity index (χ3v) is 9.68. The lowest BCUT2D eigenvalue weighted by Gasteiger charge is -2.35. The molecule has 2 heterocycles. The molecule has 1 unspecified atom stereocenters. The van der Waals surface area contributed by atoms with Crippen LogP contribution in [0, 0.1) is 5.92 Å². The minimum absolute atomic E-state index is 0.104. The van der Waals surface area contributed by atoms with Crippen molar-refractivity contribution in [3.05, 3.63) is 77.9 Å². The van der Waals surface area contributed by atoms with E-state index < -0.39 is 21.8 Å². The number of rotatable bonds is 7. The van der Waals surface area contributed by atoms with Crippen molar-refractivity contribution in [2.45, 2.75) is 75.1 Å². The summed E-state index contributed by atoms with van der Waals surface area (Å²) in [5.74, 6) is 0.635. The van der Waals surface area contributed by atoms with Crippen LogP contribution in [0.2, 0.25) is 0 Å². The molecule has 0 spiro atoms. The minimum atomic E-state index is -4.53. The van der Waals surface area contributed by atoms with E-state index in [0.29, 0.717) is 12.5 Å². The quantitative estimate of drug-likeness (QED) is 0.374. The van der Waals surface area contributed by atoms with Gasteiger partial charge >= 0.3 is 6.18 Å². The highest BCUT2D eigenvalue weighted by atomic mass is 32.2. The van der Waals surface area contributed by atoms with Gasteiger partial charge in [-0.05, 0) is 54.7 Å². The highest BCUT2D eigenvalue weighted by Gasteiger charge is 2.36. The number of nitrogens with one attached hydrogen (secondary N) is 1. The number of sulfonamides is 1. The van der Waals surface area contributed by atoms with Gasteiger partial charge in [0.1, 0.15) is 0 Å². The molecule has 204 valence electrons. The Labute approximate surface area is 221 Å². The van der Waals surface area contributed by atoms with Gasteiger partial charge in [0.15, 0.2) is 0 Å². The molecule has 2 aliphatic rings. The molecule has 0 bridgehead atoms. The third kappa shape index (κ3) is 5.91. The van der Waals surface area contributed by atoms with Crippen LogP contribution >= 0.6 is 0 Å². The maximum Gasteiger partial charge on any atom is 0.416 e. The normalized spacial score (nSPS) is 19.8. The first-order valence-corrected chi connectivity index (χ1v) is 14.6. The van der Waals surface area contributed by atoms with E-state index in [2.05, 4.69) is 14.9 Å². The summed E-state index contributed by atoms with van der Waals surface area (Å²) >= 11 is 0. The highest BCUT2D eigenvalue weighted by Crippen LogP contribution is 2.36. The first-order valence-electron chi connectivity index (χ1n) is 13.2. The number of aromatic nitrogens is 2. The zero-order valence-electron chi connectivity index (χ0n) is 21.2. The van der Waals surface area contributed by atoms with Crippen LogP contribution in [0.15, 0.2) is 66.0 Å². The van der Waals surface area contributed by atoms with Crippen LogP contribution in [0.1, 0.15) is 61.8 Å². The van der Waals surface area contributed by atoms with E-state index in [4.69, 9.17) is 0 Å². The highest BCUT2D eigenvalue weighted by molar-refractivity contribution is 7.89. The molecule has 2 aromatic carbocycles. The maximum absolute atomic E-state index is 13.8. The summed E-state index contributed by atoms with van der Waals surface area (Å²) in [5, 5.41) is 0. The van der Waals surface area contributed by atoms with Crippen LogP contribution in [0.25, 0.3) is 0 Å². The standard InChI is InChI=1S/C28H33F3N4O2S/c29-28(30,31)23-11-14-26(15-12-23)38(36,37)34-17-22-8-4-5-9-27(22)35(18-24-16-32-20-33-24)25(19-34)13-10-21-6-2-1-3-7-21/h4-5,8-9,11-12,14-16,20-21,25H,1-3,6-7,10,13,17-19H2,(H,32,33). The van der Waals surface area contributed by atoms with E-state index in [9.17, 15) is 21.6 Å². The largest absolute Gasteiger partial charge is 0.416 e. The fraction of sp³-hybridized carbons (Fsp3) is 0.464. The molecule has 1 aliphatic carbocycles. The van der Waals surface area contributed by atoms with Crippen LogP contribution in [-0.4, -0.2) is 35.3 Å². The number of para-hydroxylation sites is 1. The maximum atomic E-state index is 13.8. The first kappa shape index (κ1) is 26.7. The molecule has 38 heavy (non-hydrogen) atoms. The van der Waals surface area contributed by atoms with Crippen molar-refractivity contribution in [3.63, 3.8) is 0 Å². The van der Waals surface area contributed by atoms with Gasteiger partial charge in [0.05, 0.1) is 29.0 Å². The monoisotopic (exact) mass is 546 g/mol. The van der Waals surface area contributed by atoms with Gasteiger partial charge < -0.3 is 9.88 Å². The number of anilines is 1. The first-order chi connectivity index (χ1) is 18.2. The lowest BCUT2D eigenvalue weighted by Crippen LogP contribution is -2.43. The SMILES string of the molecule is O=S(=O)(c1ccc(C(F)(F)F)cc1)N1Cc2ccccc2N(Cc2cnc[nH]2)C(CCC2CCCCC2)C1. The van der Waals surface area contributed by atoms with E-state index in [1.807, 2.05) is 24.3 Å². The molecule has 1 aliphatic heterocycles. The van der Waals surface area contributed by atoms with Gasteiger partial charge in [-0.25, -0.2) is 13.4 Å². The van der Waals surface area contributed by atoms with E-state index in [-0.39, 0.29) is 24.0 Å². The molecule has 1 saturated carbocycles. The molecular formula is C28H33F3N4O2S. The van der Waals surface area contributed by atoms with E-state index in [1.54, 1.807) is 12.5 Å². The Balaban J connectivity index is 1.48. The zero-order chi connectivity index (χ0) is 26.8. The number of halogens is 3. The molecule has 0 amide bonds. The summed E-state index contributed by atoms with van der Waals surface area (Å²) in [4.78, 5) is 9.47. The lowest BCUT2D eigenvalue weighted by atomic mass is 9.85. The predicted molar refractivity (Wildman–Crippen MR) is 140 cm³/mol. The van der Waals surface area contributed by atoms with Gasteiger partial charge in [-0.1, -0.05) is 50.3 Å². The molecule has 10 heteroatoms. The molecule has 1 aromatic heterocycles. The molecule has 1 atom stereocenters. The third-order valence-electron chi connectivity index (χ3n) is 7.85. The van der Waals surface area contributed by atoms with Crippen LogP contribution in [-0.2, 0) is 29.3 Å². The molecule has 1 N–H and O–H groups in total. The molecule has 6 nitrogen and oxygen atoms in total. The van der Waals surface area contributed by atoms with Crippen molar-refractivity contribution in [2.75, 3.05) is 11.4 Å². The number of fused-ring (bicyclic) bond motifs is 1. The molecule has 0 saturated heterocycles. The Morgan fingerprint density at radius 1 is 0.974 bits per heavy atom. The number of hydrogen-bond donors (Lipinski definition) is 1. The topological polar surface area (TPSA) is 69.3 Å². The summed E-state index contributed by atoms with van der Waals surface area (Å²) in [6.07, 6.45) is 6.90. The molecule has 3 aromatic rings.